The van der Waals surface area contributed by atoms with E-state index in [2.05, 4.69) is 37.8 Å². The lowest BCUT2D eigenvalue weighted by Gasteiger charge is -2.27. The van der Waals surface area contributed by atoms with Gasteiger partial charge in [-0.25, -0.2) is 0 Å². The summed E-state index contributed by atoms with van der Waals surface area (Å²) < 4.78 is 0. The minimum absolute atomic E-state index is 0.853. The van der Waals surface area contributed by atoms with Crippen molar-refractivity contribution in [2.75, 3.05) is 18.0 Å². The number of benzene rings is 1. The summed E-state index contributed by atoms with van der Waals surface area (Å²) in [6, 6.07) is 8.70. The predicted octanol–water partition coefficient (Wildman–Crippen LogP) is 13.6. The second kappa shape index (κ2) is 29.6. The average Bonchev–Trinajstić information content (AvgIpc) is 3.00. The first kappa shape index (κ1) is 38.5. The van der Waals surface area contributed by atoms with Crippen molar-refractivity contribution in [2.24, 2.45) is 0 Å². The third-order valence-corrected chi connectivity index (χ3v) is 9.24. The first-order valence-corrected chi connectivity index (χ1v) is 19.0. The van der Waals surface area contributed by atoms with E-state index in [0.717, 1.165) is 18.7 Å². The van der Waals surface area contributed by atoms with E-state index in [4.69, 9.17) is 0 Å². The smallest absolute Gasteiger partial charge is 0.101 e. The third kappa shape index (κ3) is 21.2. The van der Waals surface area contributed by atoms with Gasteiger partial charge in [-0.1, -0.05) is 193 Å². The summed E-state index contributed by atoms with van der Waals surface area (Å²) in [5.74, 6) is 0. The van der Waals surface area contributed by atoms with Crippen LogP contribution >= 0.6 is 0 Å². The largest absolute Gasteiger partial charge is 0.370 e. The number of aryl methyl sites for hydroxylation is 1. The van der Waals surface area contributed by atoms with Crippen molar-refractivity contribution < 1.29 is 0 Å². The van der Waals surface area contributed by atoms with E-state index >= 15 is 0 Å². The van der Waals surface area contributed by atoms with Crippen LogP contribution in [0.15, 0.2) is 18.2 Å². The number of nitriles is 1. The maximum Gasteiger partial charge on any atom is 0.101 e. The maximum atomic E-state index is 9.80. The second-order valence-corrected chi connectivity index (χ2v) is 13.3. The first-order chi connectivity index (χ1) is 20.7. The Kier molecular flexibility index (Phi) is 27.1. The highest BCUT2D eigenvalue weighted by Gasteiger charge is 2.13. The van der Waals surface area contributed by atoms with Gasteiger partial charge in [-0.2, -0.15) is 5.26 Å². The fourth-order valence-electron chi connectivity index (χ4n) is 6.50. The Balaban J connectivity index is 2.20. The van der Waals surface area contributed by atoms with Crippen LogP contribution in [0.4, 0.5) is 5.69 Å². The van der Waals surface area contributed by atoms with Crippen LogP contribution in [0.5, 0.6) is 0 Å². The summed E-state index contributed by atoms with van der Waals surface area (Å²) in [5.41, 5.74) is 3.31. The molecule has 2 nitrogen and oxygen atoms in total. The molecule has 0 N–H and O–H groups in total. The van der Waals surface area contributed by atoms with Crippen LogP contribution in [0, 0.1) is 18.3 Å². The Labute approximate surface area is 264 Å². The molecule has 0 fully saturated rings. The molecule has 0 aromatic heterocycles. The normalized spacial score (nSPS) is 11.2. The van der Waals surface area contributed by atoms with E-state index in [0.29, 0.717) is 0 Å². The molecule has 0 saturated carbocycles. The van der Waals surface area contributed by atoms with Crippen LogP contribution in [-0.4, -0.2) is 13.1 Å². The molecule has 242 valence electrons. The van der Waals surface area contributed by atoms with Crippen LogP contribution < -0.4 is 4.90 Å². The summed E-state index contributed by atoms with van der Waals surface area (Å²) in [6.07, 6.45) is 39.2. The van der Waals surface area contributed by atoms with Gasteiger partial charge in [0.05, 0.1) is 11.3 Å². The molecule has 42 heavy (non-hydrogen) atoms. The predicted molar refractivity (Wildman–Crippen MR) is 189 cm³/mol. The number of nitrogens with zero attached hydrogens (tertiary/aromatic N) is 2. The van der Waals surface area contributed by atoms with Gasteiger partial charge >= 0.3 is 0 Å². The molecule has 0 aliphatic rings. The summed E-state index contributed by atoms with van der Waals surface area (Å²) in [7, 11) is 0. The van der Waals surface area contributed by atoms with Gasteiger partial charge in [0.2, 0.25) is 0 Å². The molecule has 2 heteroatoms. The van der Waals surface area contributed by atoms with Crippen LogP contribution in [0.2, 0.25) is 0 Å². The number of para-hydroxylation sites is 1. The van der Waals surface area contributed by atoms with E-state index in [1.54, 1.807) is 0 Å². The lowest BCUT2D eigenvalue weighted by atomic mass is 10.0. The minimum atomic E-state index is 0.853. The van der Waals surface area contributed by atoms with Gasteiger partial charge in [-0.3, -0.25) is 0 Å². The SMILES string of the molecule is CCCCCCCCCCCCCCCCN(CCCCCCCCCCCCCCCC)c1c(C)cccc1C#N. The summed E-state index contributed by atoms with van der Waals surface area (Å²) in [5, 5.41) is 9.80. The van der Waals surface area contributed by atoms with Crippen molar-refractivity contribution in [2.45, 2.75) is 201 Å². The molecule has 1 rings (SSSR count). The van der Waals surface area contributed by atoms with E-state index in [-0.39, 0.29) is 0 Å². The molecule has 0 atom stereocenters. The highest BCUT2D eigenvalue weighted by molar-refractivity contribution is 5.64. The Morgan fingerprint density at radius 1 is 0.476 bits per heavy atom. The van der Waals surface area contributed by atoms with Crippen molar-refractivity contribution >= 4 is 5.69 Å². The summed E-state index contributed by atoms with van der Waals surface area (Å²) in [6.45, 7) is 8.96. The Morgan fingerprint density at radius 2 is 0.786 bits per heavy atom. The van der Waals surface area contributed by atoms with Gasteiger partial charge < -0.3 is 4.90 Å². The number of rotatable bonds is 31. The van der Waals surface area contributed by atoms with Crippen molar-refractivity contribution in [1.29, 1.82) is 5.26 Å². The summed E-state index contributed by atoms with van der Waals surface area (Å²) >= 11 is 0. The number of hydrogen-bond donors (Lipinski definition) is 0. The fourth-order valence-corrected chi connectivity index (χ4v) is 6.50. The van der Waals surface area contributed by atoms with Crippen molar-refractivity contribution in [3.8, 4) is 6.07 Å². The molecule has 1 aromatic carbocycles. The highest BCUT2D eigenvalue weighted by Crippen LogP contribution is 2.26. The Hall–Kier alpha value is -1.49. The van der Waals surface area contributed by atoms with Crippen LogP contribution in [-0.2, 0) is 0 Å². The minimum Gasteiger partial charge on any atom is -0.370 e. The molecule has 0 amide bonds. The summed E-state index contributed by atoms with van der Waals surface area (Å²) in [4.78, 5) is 2.55. The van der Waals surface area contributed by atoms with Gasteiger partial charge in [0.1, 0.15) is 6.07 Å². The third-order valence-electron chi connectivity index (χ3n) is 9.24. The van der Waals surface area contributed by atoms with Gasteiger partial charge in [0.25, 0.3) is 0 Å². The van der Waals surface area contributed by atoms with Crippen molar-refractivity contribution in [1.82, 2.24) is 0 Å². The molecule has 0 aliphatic carbocycles. The molecule has 0 radical (unpaired) electrons. The topological polar surface area (TPSA) is 27.0 Å². The molecule has 0 bridgehead atoms. The average molecular weight is 581 g/mol. The Morgan fingerprint density at radius 3 is 1.10 bits per heavy atom. The first-order valence-electron chi connectivity index (χ1n) is 19.0. The van der Waals surface area contributed by atoms with Gasteiger partial charge in [0, 0.05) is 13.1 Å². The van der Waals surface area contributed by atoms with E-state index in [9.17, 15) is 5.26 Å². The monoisotopic (exact) mass is 581 g/mol. The fraction of sp³-hybridized carbons (Fsp3) is 0.825. The lowest BCUT2D eigenvalue weighted by molar-refractivity contribution is 0.529. The molecular formula is C40H72N2. The zero-order valence-corrected chi connectivity index (χ0v) is 28.8. The Bertz CT molecular complexity index is 716. The number of anilines is 1. The lowest BCUT2D eigenvalue weighted by Crippen LogP contribution is -2.27. The van der Waals surface area contributed by atoms with Gasteiger partial charge in [0.15, 0.2) is 0 Å². The molecular weight excluding hydrogens is 508 g/mol. The van der Waals surface area contributed by atoms with Gasteiger partial charge in [-0.05, 0) is 31.4 Å². The quantitative estimate of drug-likeness (QED) is 0.0817. The van der Waals surface area contributed by atoms with E-state index < -0.39 is 0 Å². The van der Waals surface area contributed by atoms with E-state index in [1.165, 1.54) is 191 Å². The molecule has 0 spiro atoms. The maximum absolute atomic E-state index is 9.80. The number of hydrogen-bond acceptors (Lipinski definition) is 2. The standard InChI is InChI=1S/C40H72N2/c1-4-6-8-10-12-14-16-18-20-22-24-26-28-30-35-42(40-38(3)33-32-34-39(40)37-41)36-31-29-27-25-23-21-19-17-15-13-11-9-7-5-2/h32-34H,4-31,35-36H2,1-3H3. The zero-order valence-electron chi connectivity index (χ0n) is 28.8. The van der Waals surface area contributed by atoms with Gasteiger partial charge in [-0.15, -0.1) is 0 Å². The van der Waals surface area contributed by atoms with Crippen LogP contribution in [0.3, 0.4) is 0 Å². The zero-order chi connectivity index (χ0) is 30.4. The molecule has 0 heterocycles. The van der Waals surface area contributed by atoms with E-state index in [1.807, 2.05) is 12.1 Å². The molecule has 0 unspecified atom stereocenters. The van der Waals surface area contributed by atoms with Crippen LogP contribution in [0.25, 0.3) is 0 Å². The number of unbranched alkanes of at least 4 members (excludes halogenated alkanes) is 26. The van der Waals surface area contributed by atoms with Crippen molar-refractivity contribution in [3.05, 3.63) is 29.3 Å². The molecule has 0 aliphatic heterocycles. The highest BCUT2D eigenvalue weighted by atomic mass is 15.1. The molecule has 0 saturated heterocycles. The second-order valence-electron chi connectivity index (χ2n) is 13.3. The van der Waals surface area contributed by atoms with Crippen LogP contribution in [0.1, 0.15) is 205 Å². The van der Waals surface area contributed by atoms with Crippen molar-refractivity contribution in [3.63, 3.8) is 0 Å². The molecule has 1 aromatic rings.